The molecule has 6 nitrogen and oxygen atoms in total. The van der Waals surface area contributed by atoms with Gasteiger partial charge in [-0.2, -0.15) is 0 Å². The molecule has 0 radical (unpaired) electrons. The monoisotopic (exact) mass is 518 g/mol. The average molecular weight is 519 g/mol. The van der Waals surface area contributed by atoms with Gasteiger partial charge in [0.1, 0.15) is 6.61 Å². The molecule has 2 fully saturated rings. The largest absolute Gasteiger partial charge is 0.493 e. The lowest BCUT2D eigenvalue weighted by molar-refractivity contribution is -0.138. The first-order valence-electron chi connectivity index (χ1n) is 12.2. The molecule has 2 aromatic carbocycles. The average Bonchev–Trinajstić information content (AvgIpc) is 3.13. The molecule has 1 atom stereocenters. The van der Waals surface area contributed by atoms with Gasteiger partial charge in [-0.15, -0.1) is 0 Å². The van der Waals surface area contributed by atoms with Crippen LogP contribution in [0.25, 0.3) is 0 Å². The molecule has 35 heavy (non-hydrogen) atoms. The van der Waals surface area contributed by atoms with Gasteiger partial charge in [0.25, 0.3) is 0 Å². The molecule has 1 aliphatic carbocycles. The molecule has 1 saturated heterocycles. The quantitative estimate of drug-likeness (QED) is 0.339. The van der Waals surface area contributed by atoms with Crippen LogP contribution in [-0.4, -0.2) is 47.9 Å². The van der Waals surface area contributed by atoms with E-state index in [1.54, 1.807) is 7.11 Å². The van der Waals surface area contributed by atoms with Crippen molar-refractivity contribution >= 4 is 35.0 Å². The third-order valence-electron chi connectivity index (χ3n) is 6.98. The lowest BCUT2D eigenvalue weighted by Crippen LogP contribution is -2.42. The van der Waals surface area contributed by atoms with E-state index in [4.69, 9.17) is 32.7 Å². The van der Waals surface area contributed by atoms with Crippen LogP contribution in [0.15, 0.2) is 36.4 Å². The maximum atomic E-state index is 11.8. The van der Waals surface area contributed by atoms with Crippen molar-refractivity contribution < 1.29 is 19.1 Å². The van der Waals surface area contributed by atoms with Crippen LogP contribution < -0.4 is 9.47 Å². The molecule has 8 heteroatoms. The number of carbonyl (C=O) groups is 2. The third kappa shape index (κ3) is 5.93. The van der Waals surface area contributed by atoms with Crippen molar-refractivity contribution in [1.82, 2.24) is 9.80 Å². The van der Waals surface area contributed by atoms with Crippen molar-refractivity contribution in [1.29, 1.82) is 0 Å². The Balaban J connectivity index is 1.47. The highest BCUT2D eigenvalue weighted by molar-refractivity contribution is 6.42. The molecular formula is C27H32Cl2N2O4. The summed E-state index contributed by atoms with van der Waals surface area (Å²) in [6.07, 6.45) is 5.15. The number of benzene rings is 2. The second-order valence-corrected chi connectivity index (χ2v) is 9.94. The molecule has 4 rings (SSSR count). The van der Waals surface area contributed by atoms with Gasteiger partial charge < -0.3 is 9.47 Å². The second-order valence-electron chi connectivity index (χ2n) is 9.13. The summed E-state index contributed by atoms with van der Waals surface area (Å²) in [5.74, 6) is 0.966. The number of rotatable bonds is 11. The molecule has 0 N–H and O–H groups in total. The molecule has 1 unspecified atom stereocenters. The Kier molecular flexibility index (Phi) is 8.58. The summed E-state index contributed by atoms with van der Waals surface area (Å²) in [5, 5.41) is 1.15. The molecule has 188 valence electrons. The number of imide groups is 1. The van der Waals surface area contributed by atoms with Crippen molar-refractivity contribution in [2.45, 2.75) is 64.1 Å². The van der Waals surface area contributed by atoms with Crippen LogP contribution in [0, 0.1) is 0 Å². The van der Waals surface area contributed by atoms with Gasteiger partial charge in [-0.3, -0.25) is 19.4 Å². The van der Waals surface area contributed by atoms with Crippen LogP contribution in [-0.2, 0) is 16.1 Å². The fourth-order valence-electron chi connectivity index (χ4n) is 4.85. The molecule has 2 amide bonds. The zero-order valence-electron chi connectivity index (χ0n) is 20.3. The number of likely N-dealkylation sites (tertiary alicyclic amines) is 1. The number of nitrogens with zero attached hydrogens (tertiary/aromatic N) is 2. The molecule has 0 spiro atoms. The molecule has 0 aromatic heterocycles. The van der Waals surface area contributed by atoms with Crippen LogP contribution >= 0.6 is 23.2 Å². The first kappa shape index (κ1) is 25.8. The maximum Gasteiger partial charge on any atom is 0.229 e. The minimum atomic E-state index is -0.135. The Labute approximate surface area is 217 Å². The van der Waals surface area contributed by atoms with E-state index in [0.717, 1.165) is 18.5 Å². The topological polar surface area (TPSA) is 59.1 Å². The van der Waals surface area contributed by atoms with Crippen molar-refractivity contribution in [2.75, 3.05) is 20.3 Å². The summed E-state index contributed by atoms with van der Waals surface area (Å²) >= 11 is 12.5. The molecular weight excluding hydrogens is 487 g/mol. The predicted octanol–water partition coefficient (Wildman–Crippen LogP) is 6.04. The highest BCUT2D eigenvalue weighted by Gasteiger charge is 2.31. The zero-order valence-corrected chi connectivity index (χ0v) is 21.8. The van der Waals surface area contributed by atoms with Gasteiger partial charge >= 0.3 is 0 Å². The number of carbonyl (C=O) groups excluding carboxylic acids is 2. The lowest BCUT2D eigenvalue weighted by atomic mass is 9.88. The van der Waals surface area contributed by atoms with Crippen molar-refractivity contribution in [2.24, 2.45) is 0 Å². The summed E-state index contributed by atoms with van der Waals surface area (Å²) < 4.78 is 11.5. The molecule has 1 heterocycles. The summed E-state index contributed by atoms with van der Waals surface area (Å²) in [6.45, 7) is 3.46. The number of hydrogen-bond donors (Lipinski definition) is 0. The number of ether oxygens (including phenoxy) is 2. The first-order chi connectivity index (χ1) is 16.9. The van der Waals surface area contributed by atoms with Gasteiger partial charge in [0.2, 0.25) is 11.8 Å². The van der Waals surface area contributed by atoms with Crippen molar-refractivity contribution in [3.05, 3.63) is 57.6 Å². The highest BCUT2D eigenvalue weighted by Crippen LogP contribution is 2.38. The van der Waals surface area contributed by atoms with E-state index < -0.39 is 0 Å². The Bertz CT molecular complexity index is 1060. The molecule has 2 aliphatic rings. The lowest BCUT2D eigenvalue weighted by Gasteiger charge is -2.43. The van der Waals surface area contributed by atoms with Gasteiger partial charge in [0.05, 0.1) is 23.7 Å². The number of hydrogen-bond acceptors (Lipinski definition) is 5. The van der Waals surface area contributed by atoms with Gasteiger partial charge in [-0.1, -0.05) is 48.7 Å². The summed E-state index contributed by atoms with van der Waals surface area (Å²) in [4.78, 5) is 27.4. The number of halogens is 2. The molecule has 2 aromatic rings. The minimum absolute atomic E-state index is 0.135. The Morgan fingerprint density at radius 1 is 1.03 bits per heavy atom. The number of methoxy groups -OCH3 is 1. The van der Waals surface area contributed by atoms with E-state index >= 15 is 0 Å². The Hall–Kier alpha value is -2.28. The van der Waals surface area contributed by atoms with E-state index in [1.165, 1.54) is 29.7 Å². The summed E-state index contributed by atoms with van der Waals surface area (Å²) in [6, 6.07) is 12.6. The fraction of sp³-hybridized carbons (Fsp3) is 0.481. The zero-order chi connectivity index (χ0) is 24.9. The first-order valence-corrected chi connectivity index (χ1v) is 13.0. The normalized spacial score (nSPS) is 17.1. The Morgan fingerprint density at radius 3 is 2.37 bits per heavy atom. The standard InChI is InChI=1S/C27H32Cl2N2O4/c1-3-23(19-8-9-21(28)22(29)16-19)31(20-5-4-6-20)17-18-7-10-24(25(15-18)34-2)35-14-13-30-26(32)11-12-27(30)33/h7-10,15-16,20,23H,3-6,11-14,17H2,1-2H3. The Morgan fingerprint density at radius 2 is 1.77 bits per heavy atom. The van der Waals surface area contributed by atoms with Crippen LogP contribution in [0.2, 0.25) is 10.0 Å². The molecule has 1 saturated carbocycles. The van der Waals surface area contributed by atoms with Crippen LogP contribution in [0.1, 0.15) is 62.6 Å². The SMILES string of the molecule is CCC(c1ccc(Cl)c(Cl)c1)N(Cc1ccc(OCCN2C(=O)CCC2=O)c(OC)c1)C1CCC1. The minimum Gasteiger partial charge on any atom is -0.493 e. The summed E-state index contributed by atoms with van der Waals surface area (Å²) in [7, 11) is 1.62. The maximum absolute atomic E-state index is 11.8. The third-order valence-corrected chi connectivity index (χ3v) is 7.72. The van der Waals surface area contributed by atoms with Gasteiger partial charge in [0.15, 0.2) is 11.5 Å². The van der Waals surface area contributed by atoms with Gasteiger partial charge in [-0.25, -0.2) is 0 Å². The van der Waals surface area contributed by atoms with Crippen molar-refractivity contribution in [3.8, 4) is 11.5 Å². The van der Waals surface area contributed by atoms with Gasteiger partial charge in [0, 0.05) is 31.5 Å². The second kappa shape index (κ2) is 11.6. The van der Waals surface area contributed by atoms with Crippen LogP contribution in [0.4, 0.5) is 0 Å². The van der Waals surface area contributed by atoms with Crippen LogP contribution in [0.5, 0.6) is 11.5 Å². The summed E-state index contributed by atoms with van der Waals surface area (Å²) in [5.41, 5.74) is 2.30. The molecule has 1 aliphatic heterocycles. The smallest absolute Gasteiger partial charge is 0.229 e. The van der Waals surface area contributed by atoms with E-state index in [0.29, 0.717) is 27.6 Å². The highest BCUT2D eigenvalue weighted by atomic mass is 35.5. The molecule has 0 bridgehead atoms. The van der Waals surface area contributed by atoms with Gasteiger partial charge in [-0.05, 0) is 54.7 Å². The van der Waals surface area contributed by atoms with E-state index in [1.807, 2.05) is 24.3 Å². The van der Waals surface area contributed by atoms with E-state index in [-0.39, 0.29) is 43.8 Å². The van der Waals surface area contributed by atoms with E-state index in [2.05, 4.69) is 24.0 Å². The van der Waals surface area contributed by atoms with E-state index in [9.17, 15) is 9.59 Å². The van der Waals surface area contributed by atoms with Crippen molar-refractivity contribution in [3.63, 3.8) is 0 Å². The predicted molar refractivity (Wildman–Crippen MR) is 137 cm³/mol. The fourth-order valence-corrected chi connectivity index (χ4v) is 5.16. The number of amides is 2. The van der Waals surface area contributed by atoms with Crippen LogP contribution in [0.3, 0.4) is 0 Å².